The summed E-state index contributed by atoms with van der Waals surface area (Å²) in [5, 5.41) is 12.8. The molecular weight excluding hydrogens is 186 g/mol. The van der Waals surface area contributed by atoms with Crippen LogP contribution in [-0.4, -0.2) is 23.8 Å². The fourth-order valence-electron chi connectivity index (χ4n) is 2.25. The molecule has 1 aliphatic rings. The first-order chi connectivity index (χ1) is 7.33. The molecule has 2 heteroatoms. The summed E-state index contributed by atoms with van der Waals surface area (Å²) in [5.41, 5.74) is 0.115. The van der Waals surface area contributed by atoms with E-state index in [1.54, 1.807) is 0 Å². The van der Waals surface area contributed by atoms with Gasteiger partial charge in [-0.15, -0.1) is 0 Å². The Kier molecular flexibility index (Phi) is 6.26. The predicted molar refractivity (Wildman–Crippen MR) is 65.0 cm³/mol. The lowest BCUT2D eigenvalue weighted by Crippen LogP contribution is -2.54. The Hall–Kier alpha value is -0.0800. The molecule has 90 valence electrons. The van der Waals surface area contributed by atoms with Crippen LogP contribution in [0.15, 0.2) is 0 Å². The van der Waals surface area contributed by atoms with E-state index in [1.807, 2.05) is 0 Å². The van der Waals surface area contributed by atoms with Gasteiger partial charge in [-0.1, -0.05) is 39.0 Å². The van der Waals surface area contributed by atoms with Gasteiger partial charge < -0.3 is 10.4 Å². The molecule has 0 aromatic carbocycles. The van der Waals surface area contributed by atoms with Crippen molar-refractivity contribution in [1.82, 2.24) is 5.32 Å². The highest BCUT2D eigenvalue weighted by Gasteiger charge is 2.35. The highest BCUT2D eigenvalue weighted by molar-refractivity contribution is 4.95. The third-order valence-corrected chi connectivity index (χ3v) is 3.64. The van der Waals surface area contributed by atoms with E-state index >= 15 is 0 Å². The van der Waals surface area contributed by atoms with Crippen molar-refractivity contribution in [2.75, 3.05) is 13.2 Å². The average molecular weight is 213 g/mol. The summed E-state index contributed by atoms with van der Waals surface area (Å²) in [5.74, 6) is 0. The number of aliphatic hydroxyl groups is 1. The second-order valence-electron chi connectivity index (χ2n) is 4.99. The van der Waals surface area contributed by atoms with Crippen LogP contribution in [0.2, 0.25) is 0 Å². The van der Waals surface area contributed by atoms with Gasteiger partial charge in [-0.25, -0.2) is 0 Å². The number of unbranched alkanes of at least 4 members (excludes halogenated alkanes) is 5. The summed E-state index contributed by atoms with van der Waals surface area (Å²) in [4.78, 5) is 0. The monoisotopic (exact) mass is 213 g/mol. The van der Waals surface area contributed by atoms with Crippen LogP contribution in [-0.2, 0) is 0 Å². The highest BCUT2D eigenvalue weighted by Crippen LogP contribution is 2.30. The molecule has 15 heavy (non-hydrogen) atoms. The molecule has 1 fully saturated rings. The molecule has 0 aromatic rings. The maximum absolute atomic E-state index is 9.25. The summed E-state index contributed by atoms with van der Waals surface area (Å²) >= 11 is 0. The second kappa shape index (κ2) is 7.24. The summed E-state index contributed by atoms with van der Waals surface area (Å²) in [7, 11) is 0. The summed E-state index contributed by atoms with van der Waals surface area (Å²) in [6.07, 6.45) is 11.7. The van der Waals surface area contributed by atoms with Crippen LogP contribution < -0.4 is 5.32 Å². The molecule has 1 saturated carbocycles. The zero-order valence-corrected chi connectivity index (χ0v) is 10.2. The van der Waals surface area contributed by atoms with Crippen LogP contribution in [0, 0.1) is 0 Å². The maximum atomic E-state index is 9.25. The van der Waals surface area contributed by atoms with Gasteiger partial charge >= 0.3 is 0 Å². The minimum absolute atomic E-state index is 0.115. The van der Waals surface area contributed by atoms with Crippen LogP contribution in [0.25, 0.3) is 0 Å². The molecule has 0 bridgehead atoms. The molecule has 0 aliphatic heterocycles. The van der Waals surface area contributed by atoms with E-state index in [4.69, 9.17) is 0 Å². The molecule has 0 spiro atoms. The van der Waals surface area contributed by atoms with Gasteiger partial charge in [0.05, 0.1) is 6.61 Å². The fraction of sp³-hybridized carbons (Fsp3) is 1.00. The first kappa shape index (κ1) is 13.0. The number of aliphatic hydroxyl groups excluding tert-OH is 1. The lowest BCUT2D eigenvalue weighted by molar-refractivity contribution is 0.0886. The molecule has 2 N–H and O–H groups in total. The van der Waals surface area contributed by atoms with Crippen molar-refractivity contribution in [1.29, 1.82) is 0 Å². The molecule has 0 aromatic heterocycles. The number of rotatable bonds is 9. The number of nitrogens with one attached hydrogen (secondary N) is 1. The Morgan fingerprint density at radius 2 is 1.73 bits per heavy atom. The first-order valence-electron chi connectivity index (χ1n) is 6.69. The van der Waals surface area contributed by atoms with Crippen LogP contribution in [0.5, 0.6) is 0 Å². The molecule has 1 rings (SSSR count). The van der Waals surface area contributed by atoms with Crippen molar-refractivity contribution >= 4 is 0 Å². The summed E-state index contributed by atoms with van der Waals surface area (Å²) in [6, 6.07) is 0. The lowest BCUT2D eigenvalue weighted by atomic mass is 9.77. The Morgan fingerprint density at radius 1 is 1.07 bits per heavy atom. The van der Waals surface area contributed by atoms with Crippen molar-refractivity contribution in [2.24, 2.45) is 0 Å². The van der Waals surface area contributed by atoms with Crippen molar-refractivity contribution < 1.29 is 5.11 Å². The number of hydrogen-bond donors (Lipinski definition) is 2. The lowest BCUT2D eigenvalue weighted by Gasteiger charge is -2.41. The molecule has 0 saturated heterocycles. The van der Waals surface area contributed by atoms with Crippen molar-refractivity contribution in [3.8, 4) is 0 Å². The minimum atomic E-state index is 0.115. The first-order valence-corrected chi connectivity index (χ1v) is 6.69. The number of hydrogen-bond acceptors (Lipinski definition) is 2. The van der Waals surface area contributed by atoms with Gasteiger partial charge in [0.2, 0.25) is 0 Å². The minimum Gasteiger partial charge on any atom is -0.394 e. The molecule has 0 atom stereocenters. The predicted octanol–water partition coefficient (Wildman–Crippen LogP) is 2.85. The van der Waals surface area contributed by atoms with Crippen LogP contribution >= 0.6 is 0 Å². The quantitative estimate of drug-likeness (QED) is 0.577. The molecule has 1 aliphatic carbocycles. The standard InChI is InChI=1S/C13H27NO/c1-2-3-4-5-6-7-11-14-13(12-15)9-8-10-13/h14-15H,2-12H2,1H3. The van der Waals surface area contributed by atoms with Gasteiger partial charge in [0.15, 0.2) is 0 Å². The highest BCUT2D eigenvalue weighted by atomic mass is 16.3. The van der Waals surface area contributed by atoms with E-state index in [9.17, 15) is 5.11 Å². The van der Waals surface area contributed by atoms with Gasteiger partial charge in [-0.3, -0.25) is 0 Å². The molecule has 0 amide bonds. The zero-order valence-electron chi connectivity index (χ0n) is 10.2. The molecule has 0 unspecified atom stereocenters. The van der Waals surface area contributed by atoms with Crippen LogP contribution in [0.4, 0.5) is 0 Å². The SMILES string of the molecule is CCCCCCCCNC1(CO)CCC1. The van der Waals surface area contributed by atoms with E-state index in [0.29, 0.717) is 6.61 Å². The Morgan fingerprint density at radius 3 is 2.27 bits per heavy atom. The fourth-order valence-corrected chi connectivity index (χ4v) is 2.25. The third kappa shape index (κ3) is 4.52. The van der Waals surface area contributed by atoms with Crippen LogP contribution in [0.1, 0.15) is 64.7 Å². The smallest absolute Gasteiger partial charge is 0.0613 e. The normalized spacial score (nSPS) is 18.8. The zero-order chi connectivity index (χ0) is 11.0. The molecule has 0 radical (unpaired) electrons. The van der Waals surface area contributed by atoms with Gasteiger partial charge in [0, 0.05) is 5.54 Å². The van der Waals surface area contributed by atoms with Gasteiger partial charge in [-0.2, -0.15) is 0 Å². The van der Waals surface area contributed by atoms with E-state index in [-0.39, 0.29) is 5.54 Å². The van der Waals surface area contributed by atoms with Crippen molar-refractivity contribution in [3.05, 3.63) is 0 Å². The molecular formula is C13H27NO. The van der Waals surface area contributed by atoms with E-state index in [2.05, 4.69) is 12.2 Å². The summed E-state index contributed by atoms with van der Waals surface area (Å²) in [6.45, 7) is 3.67. The molecule has 0 heterocycles. The maximum Gasteiger partial charge on any atom is 0.0613 e. The average Bonchev–Trinajstić information content (AvgIpc) is 2.20. The van der Waals surface area contributed by atoms with Crippen LogP contribution in [0.3, 0.4) is 0 Å². The van der Waals surface area contributed by atoms with Gasteiger partial charge in [0.1, 0.15) is 0 Å². The largest absolute Gasteiger partial charge is 0.394 e. The van der Waals surface area contributed by atoms with Crippen molar-refractivity contribution in [3.63, 3.8) is 0 Å². The Bertz CT molecular complexity index is 149. The third-order valence-electron chi connectivity index (χ3n) is 3.64. The van der Waals surface area contributed by atoms with E-state index in [0.717, 1.165) is 6.54 Å². The van der Waals surface area contributed by atoms with E-state index in [1.165, 1.54) is 57.8 Å². The topological polar surface area (TPSA) is 32.3 Å². The summed E-state index contributed by atoms with van der Waals surface area (Å²) < 4.78 is 0. The Labute approximate surface area is 94.5 Å². The van der Waals surface area contributed by atoms with Crippen molar-refractivity contribution in [2.45, 2.75) is 70.3 Å². The second-order valence-corrected chi connectivity index (χ2v) is 4.99. The van der Waals surface area contributed by atoms with Gasteiger partial charge in [0.25, 0.3) is 0 Å². The van der Waals surface area contributed by atoms with Gasteiger partial charge in [-0.05, 0) is 32.2 Å². The van der Waals surface area contributed by atoms with E-state index < -0.39 is 0 Å². The Balaban J connectivity index is 1.88. The molecule has 2 nitrogen and oxygen atoms in total.